The SMILES string of the molecule is Clc1cc(Cl)c(-n2c[n+]3c(n2)CCC3)c(Cl)c1.F[B-](F)(F)F. The van der Waals surface area contributed by atoms with E-state index in [9.17, 15) is 17.3 Å². The molecular formula is C11H9BCl3F4N3. The Labute approximate surface area is 138 Å². The number of fused-ring (bicyclic) bond motifs is 1. The maximum Gasteiger partial charge on any atom is 0.673 e. The number of benzene rings is 1. The number of aryl methyl sites for hydroxylation is 2. The normalized spacial score (nSPS) is 13.6. The van der Waals surface area contributed by atoms with Crippen molar-refractivity contribution in [3.8, 4) is 5.69 Å². The Balaban J connectivity index is 0.000000309. The monoisotopic (exact) mass is 375 g/mol. The molecule has 2 aromatic rings. The van der Waals surface area contributed by atoms with Crippen molar-refractivity contribution >= 4 is 42.1 Å². The zero-order valence-corrected chi connectivity index (χ0v) is 13.2. The van der Waals surface area contributed by atoms with Crippen LogP contribution in [0.2, 0.25) is 15.1 Å². The first kappa shape index (κ1) is 17.4. The second-order valence-electron chi connectivity index (χ2n) is 4.49. The van der Waals surface area contributed by atoms with Crippen LogP contribution >= 0.6 is 34.8 Å². The second kappa shape index (κ2) is 6.64. The minimum absolute atomic E-state index is 0.504. The number of rotatable bonds is 1. The molecule has 3 nitrogen and oxygen atoms in total. The Morgan fingerprint density at radius 2 is 1.64 bits per heavy atom. The van der Waals surface area contributed by atoms with E-state index in [1.54, 1.807) is 16.8 Å². The Morgan fingerprint density at radius 3 is 2.14 bits per heavy atom. The number of hydrogen-bond donors (Lipinski definition) is 0. The van der Waals surface area contributed by atoms with Crippen molar-refractivity contribution in [1.82, 2.24) is 9.78 Å². The van der Waals surface area contributed by atoms with Gasteiger partial charge in [-0.15, -0.1) is 0 Å². The second-order valence-corrected chi connectivity index (χ2v) is 5.74. The summed E-state index contributed by atoms with van der Waals surface area (Å²) >= 11 is 18.2. The van der Waals surface area contributed by atoms with Gasteiger partial charge in [-0.25, -0.2) is 4.57 Å². The van der Waals surface area contributed by atoms with Gasteiger partial charge in [0.1, 0.15) is 0 Å². The highest BCUT2D eigenvalue weighted by atomic mass is 35.5. The van der Waals surface area contributed by atoms with Crippen LogP contribution in [0.15, 0.2) is 18.5 Å². The Morgan fingerprint density at radius 1 is 1.09 bits per heavy atom. The first-order valence-electron chi connectivity index (χ1n) is 6.15. The third-order valence-electron chi connectivity index (χ3n) is 2.81. The average molecular weight is 376 g/mol. The molecule has 22 heavy (non-hydrogen) atoms. The lowest BCUT2D eigenvalue weighted by Gasteiger charge is -2.01. The summed E-state index contributed by atoms with van der Waals surface area (Å²) in [4.78, 5) is 0. The van der Waals surface area contributed by atoms with Crippen LogP contribution in [-0.2, 0) is 13.0 Å². The number of halogens is 7. The van der Waals surface area contributed by atoms with E-state index in [0.717, 1.165) is 25.2 Å². The summed E-state index contributed by atoms with van der Waals surface area (Å²) < 4.78 is 42.8. The summed E-state index contributed by atoms with van der Waals surface area (Å²) in [6, 6.07) is 3.34. The molecular weight excluding hydrogens is 367 g/mol. The first-order valence-corrected chi connectivity index (χ1v) is 7.29. The lowest BCUT2D eigenvalue weighted by atomic mass is 10.3. The fourth-order valence-electron chi connectivity index (χ4n) is 2.06. The van der Waals surface area contributed by atoms with Crippen molar-refractivity contribution in [2.75, 3.05) is 0 Å². The van der Waals surface area contributed by atoms with E-state index < -0.39 is 7.25 Å². The molecule has 0 aliphatic carbocycles. The Kier molecular flexibility index (Phi) is 5.24. The molecule has 2 heterocycles. The van der Waals surface area contributed by atoms with Crippen molar-refractivity contribution < 1.29 is 21.8 Å². The van der Waals surface area contributed by atoms with Gasteiger partial charge in [0, 0.05) is 16.5 Å². The highest BCUT2D eigenvalue weighted by Gasteiger charge is 2.25. The molecule has 0 unspecified atom stereocenters. The van der Waals surface area contributed by atoms with Gasteiger partial charge in [-0.3, -0.25) is 0 Å². The fraction of sp³-hybridized carbons (Fsp3) is 0.273. The molecule has 0 amide bonds. The van der Waals surface area contributed by atoms with Crippen LogP contribution in [0.1, 0.15) is 12.2 Å². The molecule has 0 atom stereocenters. The van der Waals surface area contributed by atoms with Gasteiger partial charge in [0.15, 0.2) is 5.69 Å². The molecule has 1 aliphatic heterocycles. The molecule has 1 aliphatic rings. The minimum Gasteiger partial charge on any atom is -0.418 e. The predicted octanol–water partition coefficient (Wildman–Crippen LogP) is 4.37. The van der Waals surface area contributed by atoms with Gasteiger partial charge in [0.25, 0.3) is 5.82 Å². The molecule has 120 valence electrons. The molecule has 0 saturated heterocycles. The fourth-order valence-corrected chi connectivity index (χ4v) is 3.05. The topological polar surface area (TPSA) is 21.7 Å². The number of hydrogen-bond acceptors (Lipinski definition) is 1. The summed E-state index contributed by atoms with van der Waals surface area (Å²) in [7, 11) is -6.00. The summed E-state index contributed by atoms with van der Waals surface area (Å²) in [6.07, 6.45) is 4.06. The van der Waals surface area contributed by atoms with Gasteiger partial charge in [-0.2, -0.15) is 0 Å². The van der Waals surface area contributed by atoms with Crippen LogP contribution in [0.3, 0.4) is 0 Å². The predicted molar refractivity (Wildman–Crippen MR) is 77.3 cm³/mol. The van der Waals surface area contributed by atoms with Crippen molar-refractivity contribution in [3.05, 3.63) is 39.4 Å². The smallest absolute Gasteiger partial charge is 0.418 e. The zero-order chi connectivity index (χ0) is 16.5. The summed E-state index contributed by atoms with van der Waals surface area (Å²) in [6.45, 7) is 0.998. The van der Waals surface area contributed by atoms with E-state index in [-0.39, 0.29) is 0 Å². The highest BCUT2D eigenvalue weighted by Crippen LogP contribution is 2.31. The lowest BCUT2D eigenvalue weighted by molar-refractivity contribution is -0.691. The van der Waals surface area contributed by atoms with E-state index in [1.807, 2.05) is 6.33 Å². The standard InChI is InChI=1S/C11H9Cl3N3.BF4/c12-7-4-8(13)11(9(14)5-7)17-6-16-3-1-2-10(16)15-17;2-1(3,4)5/h4-6H,1-3H2;/q+1;-1. The van der Waals surface area contributed by atoms with Gasteiger partial charge in [-0.05, 0) is 18.6 Å². The van der Waals surface area contributed by atoms with Crippen LogP contribution in [0.4, 0.5) is 17.3 Å². The maximum atomic E-state index is 9.75. The highest BCUT2D eigenvalue weighted by molar-refractivity contribution is 6.50. The van der Waals surface area contributed by atoms with Gasteiger partial charge in [0.2, 0.25) is 6.33 Å². The summed E-state index contributed by atoms with van der Waals surface area (Å²) in [5.74, 6) is 1.06. The molecule has 0 radical (unpaired) electrons. The van der Waals surface area contributed by atoms with E-state index in [1.165, 1.54) is 0 Å². The summed E-state index contributed by atoms with van der Waals surface area (Å²) in [5.41, 5.74) is 0.680. The van der Waals surface area contributed by atoms with Crippen LogP contribution in [0.25, 0.3) is 5.69 Å². The van der Waals surface area contributed by atoms with Crippen molar-refractivity contribution in [3.63, 3.8) is 0 Å². The van der Waals surface area contributed by atoms with Crippen molar-refractivity contribution in [1.29, 1.82) is 0 Å². The first-order chi connectivity index (χ1) is 10.1. The molecule has 0 saturated carbocycles. The molecule has 0 N–H and O–H groups in total. The molecule has 0 fully saturated rings. The third-order valence-corrected chi connectivity index (χ3v) is 3.61. The molecule has 0 spiro atoms. The molecule has 11 heteroatoms. The van der Waals surface area contributed by atoms with Gasteiger partial charge >= 0.3 is 7.25 Å². The Hall–Kier alpha value is -0.985. The third kappa shape index (κ3) is 4.50. The quantitative estimate of drug-likeness (QED) is 0.412. The van der Waals surface area contributed by atoms with E-state index in [0.29, 0.717) is 20.8 Å². The molecule has 3 rings (SSSR count). The largest absolute Gasteiger partial charge is 0.673 e. The molecule has 1 aromatic carbocycles. The van der Waals surface area contributed by atoms with Crippen LogP contribution in [-0.4, -0.2) is 17.0 Å². The van der Waals surface area contributed by atoms with Crippen LogP contribution in [0, 0.1) is 0 Å². The average Bonchev–Trinajstić information content (AvgIpc) is 2.85. The van der Waals surface area contributed by atoms with E-state index >= 15 is 0 Å². The van der Waals surface area contributed by atoms with Crippen molar-refractivity contribution in [2.24, 2.45) is 0 Å². The maximum absolute atomic E-state index is 9.75. The molecule has 1 aromatic heterocycles. The van der Waals surface area contributed by atoms with Gasteiger partial charge < -0.3 is 17.3 Å². The zero-order valence-electron chi connectivity index (χ0n) is 10.9. The number of nitrogens with zero attached hydrogens (tertiary/aromatic N) is 3. The van der Waals surface area contributed by atoms with E-state index in [4.69, 9.17) is 34.8 Å². The summed E-state index contributed by atoms with van der Waals surface area (Å²) in [5, 5.41) is 6.01. The van der Waals surface area contributed by atoms with Crippen LogP contribution in [0.5, 0.6) is 0 Å². The van der Waals surface area contributed by atoms with Gasteiger partial charge in [0.05, 0.1) is 16.6 Å². The minimum atomic E-state index is -6.00. The Bertz CT molecular complexity index is 639. The van der Waals surface area contributed by atoms with Crippen LogP contribution < -0.4 is 4.57 Å². The van der Waals surface area contributed by atoms with Gasteiger partial charge in [-0.1, -0.05) is 39.5 Å². The van der Waals surface area contributed by atoms with Crippen molar-refractivity contribution in [2.45, 2.75) is 19.4 Å². The molecule has 0 bridgehead atoms. The number of aromatic nitrogens is 3. The van der Waals surface area contributed by atoms with E-state index in [2.05, 4.69) is 9.67 Å². The lowest BCUT2D eigenvalue weighted by Crippen LogP contribution is -2.29.